The smallest absolute Gasteiger partial charge is 0.343 e. The predicted octanol–water partition coefficient (Wildman–Crippen LogP) is 5.02. The Morgan fingerprint density at radius 3 is 2.60 bits per heavy atom. The molecule has 0 radical (unpaired) electrons. The molecule has 0 spiro atoms. The second-order valence-electron chi connectivity index (χ2n) is 5.81. The van der Waals surface area contributed by atoms with Gasteiger partial charge in [0.15, 0.2) is 5.58 Å². The van der Waals surface area contributed by atoms with Crippen molar-refractivity contribution in [3.63, 3.8) is 0 Å². The maximum Gasteiger partial charge on any atom is 0.343 e. The van der Waals surface area contributed by atoms with E-state index in [1.165, 1.54) is 0 Å². The zero-order valence-electron chi connectivity index (χ0n) is 13.6. The molecule has 122 valence electrons. The largest absolute Gasteiger partial charge is 0.423 e. The summed E-state index contributed by atoms with van der Waals surface area (Å²) >= 11 is 0. The molecule has 1 heterocycles. The van der Waals surface area contributed by atoms with Gasteiger partial charge in [-0.3, -0.25) is 0 Å². The van der Waals surface area contributed by atoms with Crippen LogP contribution in [0, 0.1) is 6.92 Å². The topological polar surface area (TPSA) is 52.3 Å². The molecule has 0 saturated heterocycles. The van der Waals surface area contributed by atoms with E-state index in [2.05, 4.69) is 5.16 Å². The van der Waals surface area contributed by atoms with Crippen molar-refractivity contribution in [2.24, 2.45) is 0 Å². The van der Waals surface area contributed by atoms with Gasteiger partial charge in [0.1, 0.15) is 11.4 Å². The zero-order chi connectivity index (χ0) is 17.2. The van der Waals surface area contributed by atoms with Gasteiger partial charge >= 0.3 is 5.97 Å². The Labute approximate surface area is 144 Å². The van der Waals surface area contributed by atoms with Gasteiger partial charge in [-0.05, 0) is 31.2 Å². The van der Waals surface area contributed by atoms with Gasteiger partial charge in [-0.25, -0.2) is 4.79 Å². The lowest BCUT2D eigenvalue weighted by Crippen LogP contribution is -2.08. The van der Waals surface area contributed by atoms with E-state index < -0.39 is 5.97 Å². The third-order valence-corrected chi connectivity index (χ3v) is 3.96. The predicted molar refractivity (Wildman–Crippen MR) is 95.6 cm³/mol. The summed E-state index contributed by atoms with van der Waals surface area (Å²) in [7, 11) is 0. The van der Waals surface area contributed by atoms with Crippen LogP contribution in [0.1, 0.15) is 15.9 Å². The van der Waals surface area contributed by atoms with Crippen LogP contribution in [0.25, 0.3) is 22.2 Å². The highest BCUT2D eigenvalue weighted by Gasteiger charge is 2.13. The number of aromatic nitrogens is 1. The fraction of sp³-hybridized carbons (Fsp3) is 0.0476. The zero-order valence-corrected chi connectivity index (χ0v) is 13.6. The Hall–Kier alpha value is -3.40. The summed E-state index contributed by atoms with van der Waals surface area (Å²) in [6.07, 6.45) is 0. The van der Waals surface area contributed by atoms with Crippen molar-refractivity contribution >= 4 is 16.9 Å². The van der Waals surface area contributed by atoms with E-state index >= 15 is 0 Å². The molecule has 3 aromatic carbocycles. The molecule has 0 atom stereocenters. The van der Waals surface area contributed by atoms with Gasteiger partial charge in [-0.1, -0.05) is 53.2 Å². The lowest BCUT2D eigenvalue weighted by Gasteiger charge is -2.05. The van der Waals surface area contributed by atoms with Crippen LogP contribution in [-0.4, -0.2) is 11.1 Å². The van der Waals surface area contributed by atoms with Crippen LogP contribution < -0.4 is 4.74 Å². The van der Waals surface area contributed by atoms with Crippen molar-refractivity contribution in [3.8, 4) is 17.0 Å². The first kappa shape index (κ1) is 15.1. The normalized spacial score (nSPS) is 10.8. The molecular weight excluding hydrogens is 314 g/mol. The summed E-state index contributed by atoms with van der Waals surface area (Å²) < 4.78 is 10.9. The number of ether oxygens (including phenoxy) is 1. The van der Waals surface area contributed by atoms with Crippen molar-refractivity contribution in [1.29, 1.82) is 0 Å². The monoisotopic (exact) mass is 329 g/mol. The number of fused-ring (bicyclic) bond motifs is 1. The van der Waals surface area contributed by atoms with Crippen molar-refractivity contribution in [2.75, 3.05) is 0 Å². The number of carbonyl (C=O) groups is 1. The maximum absolute atomic E-state index is 12.3. The molecule has 0 aliphatic carbocycles. The Morgan fingerprint density at radius 1 is 0.960 bits per heavy atom. The van der Waals surface area contributed by atoms with Crippen molar-refractivity contribution in [1.82, 2.24) is 5.16 Å². The van der Waals surface area contributed by atoms with Crippen molar-refractivity contribution < 1.29 is 14.1 Å². The molecule has 0 fully saturated rings. The highest BCUT2D eigenvalue weighted by molar-refractivity contribution is 5.94. The van der Waals surface area contributed by atoms with E-state index in [1.54, 1.807) is 24.3 Å². The number of benzene rings is 3. The minimum absolute atomic E-state index is 0.397. The number of aryl methyl sites for hydroxylation is 1. The van der Waals surface area contributed by atoms with Gasteiger partial charge in [0, 0.05) is 17.0 Å². The van der Waals surface area contributed by atoms with Gasteiger partial charge in [-0.2, -0.15) is 0 Å². The van der Waals surface area contributed by atoms with Gasteiger partial charge in [-0.15, -0.1) is 0 Å². The summed E-state index contributed by atoms with van der Waals surface area (Å²) in [5.74, 6) is 0.0283. The number of esters is 1. The van der Waals surface area contributed by atoms with Crippen LogP contribution >= 0.6 is 0 Å². The number of hydrogen-bond acceptors (Lipinski definition) is 4. The molecule has 4 aromatic rings. The molecule has 0 aliphatic rings. The third-order valence-electron chi connectivity index (χ3n) is 3.96. The number of hydrogen-bond donors (Lipinski definition) is 0. The second-order valence-corrected chi connectivity index (χ2v) is 5.81. The maximum atomic E-state index is 12.3. The fourth-order valence-electron chi connectivity index (χ4n) is 2.72. The molecule has 0 N–H and O–H groups in total. The van der Waals surface area contributed by atoms with Gasteiger partial charge in [0.25, 0.3) is 0 Å². The summed E-state index contributed by atoms with van der Waals surface area (Å²) in [5.41, 5.74) is 3.85. The SMILES string of the molecule is Cc1cccc(C(=O)Oc2ccc3c(-c4ccccc4)noc3c2)c1. The Morgan fingerprint density at radius 2 is 1.80 bits per heavy atom. The Kier molecular flexibility index (Phi) is 3.78. The number of rotatable bonds is 3. The van der Waals surface area contributed by atoms with Gasteiger partial charge < -0.3 is 9.26 Å². The molecule has 1 aromatic heterocycles. The van der Waals surface area contributed by atoms with Crippen LogP contribution in [0.4, 0.5) is 0 Å². The molecule has 0 aliphatic heterocycles. The lowest BCUT2D eigenvalue weighted by atomic mass is 10.1. The van der Waals surface area contributed by atoms with E-state index in [0.717, 1.165) is 22.2 Å². The van der Waals surface area contributed by atoms with Crippen molar-refractivity contribution in [2.45, 2.75) is 6.92 Å². The van der Waals surface area contributed by atoms with Gasteiger partial charge in [0.05, 0.1) is 5.56 Å². The molecule has 25 heavy (non-hydrogen) atoms. The first-order valence-corrected chi connectivity index (χ1v) is 7.94. The minimum Gasteiger partial charge on any atom is -0.423 e. The third kappa shape index (κ3) is 3.02. The molecule has 4 rings (SSSR count). The molecule has 0 unspecified atom stereocenters. The van der Waals surface area contributed by atoms with E-state index in [0.29, 0.717) is 16.9 Å². The summed E-state index contributed by atoms with van der Waals surface area (Å²) in [6.45, 7) is 1.93. The quantitative estimate of drug-likeness (QED) is 0.391. The first-order valence-electron chi connectivity index (χ1n) is 7.94. The van der Waals surface area contributed by atoms with Crippen molar-refractivity contribution in [3.05, 3.63) is 83.9 Å². The standard InChI is InChI=1S/C21H15NO3/c1-14-6-5-9-16(12-14)21(23)24-17-10-11-18-19(13-17)25-22-20(18)15-7-3-2-4-8-15/h2-13H,1H3. The van der Waals surface area contributed by atoms with Crippen LogP contribution in [-0.2, 0) is 0 Å². The van der Waals surface area contributed by atoms with E-state index in [1.807, 2.05) is 55.5 Å². The minimum atomic E-state index is -0.397. The summed E-state index contributed by atoms with van der Waals surface area (Å²) in [4.78, 5) is 12.3. The molecular formula is C21H15NO3. The molecule has 0 amide bonds. The fourth-order valence-corrected chi connectivity index (χ4v) is 2.72. The van der Waals surface area contributed by atoms with Crippen LogP contribution in [0.2, 0.25) is 0 Å². The first-order chi connectivity index (χ1) is 12.2. The van der Waals surface area contributed by atoms with Crippen LogP contribution in [0.5, 0.6) is 5.75 Å². The average Bonchev–Trinajstić information content (AvgIpc) is 3.05. The molecule has 0 bridgehead atoms. The summed E-state index contributed by atoms with van der Waals surface area (Å²) in [5, 5.41) is 5.02. The van der Waals surface area contributed by atoms with Gasteiger partial charge in [0.2, 0.25) is 0 Å². The van der Waals surface area contributed by atoms with E-state index in [-0.39, 0.29) is 0 Å². The average molecular weight is 329 g/mol. The van der Waals surface area contributed by atoms with E-state index in [9.17, 15) is 4.79 Å². The van der Waals surface area contributed by atoms with E-state index in [4.69, 9.17) is 9.26 Å². The van der Waals surface area contributed by atoms with Crippen LogP contribution in [0.3, 0.4) is 0 Å². The Balaban J connectivity index is 1.63. The lowest BCUT2D eigenvalue weighted by molar-refractivity contribution is 0.0735. The van der Waals surface area contributed by atoms with Crippen LogP contribution in [0.15, 0.2) is 77.3 Å². The molecule has 4 nitrogen and oxygen atoms in total. The summed E-state index contributed by atoms with van der Waals surface area (Å²) in [6, 6.07) is 22.4. The number of nitrogens with zero attached hydrogens (tertiary/aromatic N) is 1. The highest BCUT2D eigenvalue weighted by atomic mass is 16.5. The highest BCUT2D eigenvalue weighted by Crippen LogP contribution is 2.30. The molecule has 0 saturated carbocycles. The Bertz CT molecular complexity index is 1050. The number of carbonyl (C=O) groups excluding carboxylic acids is 1. The second kappa shape index (κ2) is 6.24. The molecule has 4 heteroatoms.